The molecule has 0 saturated carbocycles. The summed E-state index contributed by atoms with van der Waals surface area (Å²) in [6, 6.07) is 11.2. The maximum Gasteiger partial charge on any atom is 0.271 e. The van der Waals surface area contributed by atoms with Crippen molar-refractivity contribution in [2.75, 3.05) is 38.1 Å². The third-order valence-corrected chi connectivity index (χ3v) is 4.76. The Kier molecular flexibility index (Phi) is 6.23. The molecule has 1 heterocycles. The van der Waals surface area contributed by atoms with Crippen LogP contribution in [-0.4, -0.2) is 55.2 Å². The average Bonchev–Trinajstić information content (AvgIpc) is 2.68. The fraction of sp³-hybridized carbons (Fsp3) is 0.263. The summed E-state index contributed by atoms with van der Waals surface area (Å²) in [5.74, 6) is -0.412. The number of carbonyl (C=O) groups excluding carboxylic acids is 1. The zero-order valence-corrected chi connectivity index (χ0v) is 16.1. The lowest BCUT2D eigenvalue weighted by molar-refractivity contribution is -0.384. The molecule has 1 N–H and O–H groups in total. The van der Waals surface area contributed by atoms with Gasteiger partial charge in [-0.1, -0.05) is 17.7 Å². The number of nitro groups is 1. The van der Waals surface area contributed by atoms with Gasteiger partial charge in [0.25, 0.3) is 11.6 Å². The summed E-state index contributed by atoms with van der Waals surface area (Å²) in [6.07, 6.45) is 1.43. The number of benzene rings is 2. The van der Waals surface area contributed by atoms with Crippen LogP contribution in [-0.2, 0) is 0 Å². The highest BCUT2D eigenvalue weighted by Gasteiger charge is 2.18. The molecule has 0 bridgehead atoms. The van der Waals surface area contributed by atoms with Crippen molar-refractivity contribution in [3.8, 4) is 0 Å². The van der Waals surface area contributed by atoms with Crippen molar-refractivity contribution in [1.82, 2.24) is 10.3 Å². The standard InChI is InChI=1S/C19H20ClN5O3/c1-23-7-9-24(10-8-23)18-6-5-17(25(27)28)12-15(18)13-21-22-19(26)14-3-2-4-16(20)11-14/h2-6,11-13H,7-10H2,1H3,(H,22,26)/b21-13-. The second-order valence-corrected chi connectivity index (χ2v) is 6.94. The Hall–Kier alpha value is -2.97. The minimum absolute atomic E-state index is 0.0273. The molecule has 3 rings (SSSR count). The first-order valence-corrected chi connectivity index (χ1v) is 9.13. The number of nitro benzene ring substituents is 1. The van der Waals surface area contributed by atoms with Crippen molar-refractivity contribution in [2.45, 2.75) is 0 Å². The van der Waals surface area contributed by atoms with Crippen molar-refractivity contribution in [3.63, 3.8) is 0 Å². The van der Waals surface area contributed by atoms with E-state index >= 15 is 0 Å². The number of hydrogen-bond acceptors (Lipinski definition) is 6. The number of nitrogens with zero attached hydrogens (tertiary/aromatic N) is 4. The summed E-state index contributed by atoms with van der Waals surface area (Å²) in [6.45, 7) is 3.42. The van der Waals surface area contributed by atoms with Crippen molar-refractivity contribution in [1.29, 1.82) is 0 Å². The first-order chi connectivity index (χ1) is 13.4. The number of non-ortho nitro benzene ring substituents is 1. The number of likely N-dealkylation sites (N-methyl/N-ethyl adjacent to an activating group) is 1. The van der Waals surface area contributed by atoms with Gasteiger partial charge in [0.2, 0.25) is 0 Å². The molecule has 1 aliphatic heterocycles. The molecular weight excluding hydrogens is 382 g/mol. The highest BCUT2D eigenvalue weighted by atomic mass is 35.5. The van der Waals surface area contributed by atoms with Gasteiger partial charge in [-0.25, -0.2) is 5.43 Å². The summed E-state index contributed by atoms with van der Waals surface area (Å²) >= 11 is 5.89. The van der Waals surface area contributed by atoms with Crippen LogP contribution in [0.2, 0.25) is 5.02 Å². The Morgan fingerprint density at radius 1 is 1.21 bits per heavy atom. The van der Waals surface area contributed by atoms with Crippen molar-refractivity contribution < 1.29 is 9.72 Å². The molecule has 9 heteroatoms. The van der Waals surface area contributed by atoms with Gasteiger partial charge in [0.1, 0.15) is 0 Å². The predicted molar refractivity (Wildman–Crippen MR) is 109 cm³/mol. The van der Waals surface area contributed by atoms with Gasteiger partial charge >= 0.3 is 0 Å². The van der Waals surface area contributed by atoms with E-state index in [-0.39, 0.29) is 5.69 Å². The van der Waals surface area contributed by atoms with Crippen LogP contribution in [0.4, 0.5) is 11.4 Å². The van der Waals surface area contributed by atoms with Crippen LogP contribution in [0.3, 0.4) is 0 Å². The molecule has 28 heavy (non-hydrogen) atoms. The number of amides is 1. The summed E-state index contributed by atoms with van der Waals surface area (Å²) in [4.78, 5) is 27.2. The van der Waals surface area contributed by atoms with Crippen LogP contribution >= 0.6 is 11.6 Å². The lowest BCUT2D eigenvalue weighted by atomic mass is 10.1. The van der Waals surface area contributed by atoms with Gasteiger partial charge in [-0.15, -0.1) is 0 Å². The molecule has 0 aromatic heterocycles. The van der Waals surface area contributed by atoms with Gasteiger partial charge in [-0.2, -0.15) is 5.10 Å². The SMILES string of the molecule is CN1CCN(c2ccc([N+](=O)[O-])cc2/C=N\NC(=O)c2cccc(Cl)c2)CC1. The normalized spacial score (nSPS) is 15.0. The molecule has 0 atom stereocenters. The molecule has 2 aromatic carbocycles. The molecule has 8 nitrogen and oxygen atoms in total. The highest BCUT2D eigenvalue weighted by molar-refractivity contribution is 6.30. The minimum atomic E-state index is -0.449. The van der Waals surface area contributed by atoms with E-state index < -0.39 is 10.8 Å². The number of carbonyl (C=O) groups is 1. The minimum Gasteiger partial charge on any atom is -0.368 e. The lowest BCUT2D eigenvalue weighted by Gasteiger charge is -2.34. The first-order valence-electron chi connectivity index (χ1n) is 8.75. The van der Waals surface area contributed by atoms with Gasteiger partial charge in [0, 0.05) is 60.1 Å². The van der Waals surface area contributed by atoms with Gasteiger partial charge in [0.15, 0.2) is 0 Å². The van der Waals surface area contributed by atoms with E-state index in [0.717, 1.165) is 31.9 Å². The Morgan fingerprint density at radius 2 is 1.96 bits per heavy atom. The Morgan fingerprint density at radius 3 is 2.64 bits per heavy atom. The Labute approximate surface area is 167 Å². The third-order valence-electron chi connectivity index (χ3n) is 4.52. The quantitative estimate of drug-likeness (QED) is 0.472. The van der Waals surface area contributed by atoms with Crippen molar-refractivity contribution in [3.05, 3.63) is 68.7 Å². The van der Waals surface area contributed by atoms with Crippen LogP contribution in [0.25, 0.3) is 0 Å². The summed E-state index contributed by atoms with van der Waals surface area (Å²) in [7, 11) is 2.06. The molecule has 0 radical (unpaired) electrons. The molecule has 1 amide bonds. The Bertz CT molecular complexity index is 910. The monoisotopic (exact) mass is 401 g/mol. The summed E-state index contributed by atoms with van der Waals surface area (Å²) in [5, 5.41) is 15.6. The van der Waals surface area contributed by atoms with E-state index in [2.05, 4.69) is 27.4 Å². The number of nitrogens with one attached hydrogen (secondary N) is 1. The largest absolute Gasteiger partial charge is 0.368 e. The summed E-state index contributed by atoms with van der Waals surface area (Å²) < 4.78 is 0. The van der Waals surface area contributed by atoms with Gasteiger partial charge < -0.3 is 9.80 Å². The number of rotatable bonds is 5. The molecule has 0 spiro atoms. The maximum absolute atomic E-state index is 12.2. The third kappa shape index (κ3) is 4.85. The van der Waals surface area contributed by atoms with Gasteiger partial charge in [-0.05, 0) is 31.3 Å². The molecule has 1 saturated heterocycles. The molecule has 0 aliphatic carbocycles. The van der Waals surface area contributed by atoms with E-state index in [1.54, 1.807) is 24.3 Å². The van der Waals surface area contributed by atoms with E-state index in [9.17, 15) is 14.9 Å². The fourth-order valence-corrected chi connectivity index (χ4v) is 3.14. The molecule has 2 aromatic rings. The molecule has 1 fully saturated rings. The molecular formula is C19H20ClN5O3. The number of halogens is 1. The number of anilines is 1. The average molecular weight is 402 g/mol. The topological polar surface area (TPSA) is 91.1 Å². The van der Waals surface area contributed by atoms with Crippen molar-refractivity contribution >= 4 is 35.1 Å². The van der Waals surface area contributed by atoms with E-state index in [0.29, 0.717) is 16.1 Å². The van der Waals surface area contributed by atoms with E-state index in [1.807, 2.05) is 0 Å². The zero-order chi connectivity index (χ0) is 20.1. The van der Waals surface area contributed by atoms with Gasteiger partial charge in [-0.3, -0.25) is 14.9 Å². The maximum atomic E-state index is 12.2. The highest BCUT2D eigenvalue weighted by Crippen LogP contribution is 2.25. The van der Waals surface area contributed by atoms with Crippen LogP contribution in [0, 0.1) is 10.1 Å². The molecule has 1 aliphatic rings. The zero-order valence-electron chi connectivity index (χ0n) is 15.3. The van der Waals surface area contributed by atoms with Crippen LogP contribution in [0.1, 0.15) is 15.9 Å². The van der Waals surface area contributed by atoms with Crippen LogP contribution in [0.5, 0.6) is 0 Å². The second-order valence-electron chi connectivity index (χ2n) is 6.50. The number of piperazine rings is 1. The van der Waals surface area contributed by atoms with E-state index in [1.165, 1.54) is 24.4 Å². The van der Waals surface area contributed by atoms with Crippen LogP contribution < -0.4 is 10.3 Å². The van der Waals surface area contributed by atoms with Crippen LogP contribution in [0.15, 0.2) is 47.6 Å². The number of hydrogen-bond donors (Lipinski definition) is 1. The molecule has 0 unspecified atom stereocenters. The summed E-state index contributed by atoms with van der Waals surface area (Å²) in [5.41, 5.74) is 4.21. The predicted octanol–water partition coefficient (Wildman–Crippen LogP) is 2.76. The van der Waals surface area contributed by atoms with Gasteiger partial charge in [0.05, 0.1) is 11.1 Å². The molecule has 146 valence electrons. The van der Waals surface area contributed by atoms with E-state index in [4.69, 9.17) is 11.6 Å². The van der Waals surface area contributed by atoms with Crippen molar-refractivity contribution in [2.24, 2.45) is 5.10 Å². The lowest BCUT2D eigenvalue weighted by Crippen LogP contribution is -2.44. The Balaban J connectivity index is 1.80. The smallest absolute Gasteiger partial charge is 0.271 e. The number of hydrazone groups is 1. The first kappa shape index (κ1) is 19.8. The fourth-order valence-electron chi connectivity index (χ4n) is 2.95. The second kappa shape index (κ2) is 8.81.